The van der Waals surface area contributed by atoms with Crippen molar-refractivity contribution >= 4 is 34.7 Å². The smallest absolute Gasteiger partial charge is 0.226 e. The maximum atomic E-state index is 13.9. The summed E-state index contributed by atoms with van der Waals surface area (Å²) in [6, 6.07) is 3.67. The van der Waals surface area contributed by atoms with Gasteiger partial charge < -0.3 is 21.7 Å². The second-order valence-electron chi connectivity index (χ2n) is 5.99. The molecule has 0 amide bonds. The molecule has 1 aliphatic heterocycles. The molecule has 0 atom stereocenters. The van der Waals surface area contributed by atoms with E-state index >= 15 is 0 Å². The minimum Gasteiger partial charge on any atom is -0.393 e. The quantitative estimate of drug-likeness (QED) is 0.677. The zero-order valence-electron chi connectivity index (χ0n) is 14.1. The van der Waals surface area contributed by atoms with Crippen LogP contribution in [-0.4, -0.2) is 54.1 Å². The first kappa shape index (κ1) is 18.4. The molecule has 0 aliphatic carbocycles. The summed E-state index contributed by atoms with van der Waals surface area (Å²) in [4.78, 5) is 12.2. The van der Waals surface area contributed by atoms with Gasteiger partial charge in [-0.05, 0) is 12.1 Å². The molecule has 10 heteroatoms. The lowest BCUT2D eigenvalue weighted by atomic mass is 10.2. The lowest BCUT2D eigenvalue weighted by Crippen LogP contribution is -2.48. The number of aromatic nitrogens is 2. The number of nitrogens with zero attached hydrogens (tertiary/aromatic N) is 4. The molecule has 140 valence electrons. The average Bonchev–Trinajstić information content (AvgIpc) is 2.60. The fraction of sp³-hybridized carbons (Fsp3) is 0.375. The summed E-state index contributed by atoms with van der Waals surface area (Å²) in [6.45, 7) is 4.23. The van der Waals surface area contributed by atoms with E-state index in [4.69, 9.17) is 23.1 Å². The lowest BCUT2D eigenvalue weighted by molar-refractivity contribution is 0.266. The van der Waals surface area contributed by atoms with Crippen molar-refractivity contribution in [2.75, 3.05) is 61.0 Å². The molecule has 2 heterocycles. The molecule has 0 radical (unpaired) electrons. The molecule has 1 saturated heterocycles. The van der Waals surface area contributed by atoms with Crippen LogP contribution in [0.25, 0.3) is 0 Å². The van der Waals surface area contributed by atoms with Gasteiger partial charge in [-0.1, -0.05) is 11.6 Å². The third-order valence-corrected chi connectivity index (χ3v) is 4.55. The summed E-state index contributed by atoms with van der Waals surface area (Å²) < 4.78 is 26.9. The predicted molar refractivity (Wildman–Crippen MR) is 99.4 cm³/mol. The predicted octanol–water partition coefficient (Wildman–Crippen LogP) is 1.81. The first-order chi connectivity index (χ1) is 12.4. The standard InChI is InChI=1S/C16H20ClF2N7/c17-14-13(20)15(21)24-16(23-14)22-3-4-25-5-7-26(8-6-25)12-2-1-10(18)9-11(12)19/h1-2,9H,3-8,20H2,(H3,21,22,23,24). The van der Waals surface area contributed by atoms with Gasteiger partial charge in [-0.15, -0.1) is 0 Å². The van der Waals surface area contributed by atoms with Gasteiger partial charge in [0, 0.05) is 45.3 Å². The van der Waals surface area contributed by atoms with E-state index < -0.39 is 11.6 Å². The van der Waals surface area contributed by atoms with Crippen molar-refractivity contribution in [3.05, 3.63) is 35.0 Å². The number of rotatable bonds is 5. The first-order valence-corrected chi connectivity index (χ1v) is 8.56. The van der Waals surface area contributed by atoms with Crippen molar-refractivity contribution in [1.29, 1.82) is 0 Å². The Hall–Kier alpha value is -2.39. The zero-order chi connectivity index (χ0) is 18.7. The van der Waals surface area contributed by atoms with E-state index in [0.717, 1.165) is 25.7 Å². The van der Waals surface area contributed by atoms with E-state index in [0.29, 0.717) is 31.3 Å². The lowest BCUT2D eigenvalue weighted by Gasteiger charge is -2.36. The first-order valence-electron chi connectivity index (χ1n) is 8.19. The van der Waals surface area contributed by atoms with Crippen LogP contribution in [0, 0.1) is 11.6 Å². The van der Waals surface area contributed by atoms with Crippen LogP contribution in [0.15, 0.2) is 18.2 Å². The Bertz CT molecular complexity index is 758. The number of benzene rings is 1. The van der Waals surface area contributed by atoms with Crippen LogP contribution < -0.4 is 21.7 Å². The summed E-state index contributed by atoms with van der Waals surface area (Å²) in [7, 11) is 0. The van der Waals surface area contributed by atoms with Crippen LogP contribution >= 0.6 is 11.6 Å². The van der Waals surface area contributed by atoms with Crippen LogP contribution in [0.4, 0.5) is 31.9 Å². The third-order valence-electron chi connectivity index (χ3n) is 4.26. The molecule has 0 saturated carbocycles. The molecule has 7 nitrogen and oxygen atoms in total. The average molecular weight is 384 g/mol. The van der Waals surface area contributed by atoms with Crippen LogP contribution in [0.2, 0.25) is 5.15 Å². The number of hydrogen-bond donors (Lipinski definition) is 3. The molecule has 2 aromatic rings. The van der Waals surface area contributed by atoms with Gasteiger partial charge in [0.2, 0.25) is 5.95 Å². The van der Waals surface area contributed by atoms with Crippen molar-refractivity contribution in [2.45, 2.75) is 0 Å². The fourth-order valence-electron chi connectivity index (χ4n) is 2.81. The third kappa shape index (κ3) is 4.23. The largest absolute Gasteiger partial charge is 0.393 e. The van der Waals surface area contributed by atoms with Gasteiger partial charge in [0.05, 0.1) is 5.69 Å². The molecule has 0 spiro atoms. The number of nitrogens with one attached hydrogen (secondary N) is 1. The minimum atomic E-state index is -0.568. The normalized spacial score (nSPS) is 15.3. The zero-order valence-corrected chi connectivity index (χ0v) is 14.8. The SMILES string of the molecule is Nc1nc(NCCN2CCN(c3ccc(F)cc3F)CC2)nc(Cl)c1N. The van der Waals surface area contributed by atoms with Crippen molar-refractivity contribution in [3.63, 3.8) is 0 Å². The van der Waals surface area contributed by atoms with Gasteiger partial charge in [0.1, 0.15) is 17.3 Å². The second kappa shape index (κ2) is 7.88. The maximum absolute atomic E-state index is 13.9. The van der Waals surface area contributed by atoms with E-state index in [9.17, 15) is 8.78 Å². The van der Waals surface area contributed by atoms with Gasteiger partial charge in [-0.3, -0.25) is 4.90 Å². The summed E-state index contributed by atoms with van der Waals surface area (Å²) in [5.41, 5.74) is 11.9. The molecular weight excluding hydrogens is 364 g/mol. The molecule has 1 aromatic carbocycles. The fourth-order valence-corrected chi connectivity index (χ4v) is 2.99. The number of anilines is 4. The number of nitrogen functional groups attached to an aromatic ring is 2. The van der Waals surface area contributed by atoms with Crippen LogP contribution in [-0.2, 0) is 0 Å². The van der Waals surface area contributed by atoms with Gasteiger partial charge in [-0.2, -0.15) is 9.97 Å². The van der Waals surface area contributed by atoms with Crippen LogP contribution in [0.1, 0.15) is 0 Å². The Labute approximate surface area is 154 Å². The molecule has 1 aromatic heterocycles. The topological polar surface area (TPSA) is 96.3 Å². The molecule has 1 fully saturated rings. The van der Waals surface area contributed by atoms with Crippen LogP contribution in [0.5, 0.6) is 0 Å². The van der Waals surface area contributed by atoms with Crippen molar-refractivity contribution < 1.29 is 8.78 Å². The highest BCUT2D eigenvalue weighted by molar-refractivity contribution is 6.32. The molecule has 0 unspecified atom stereocenters. The Morgan fingerprint density at radius 3 is 2.50 bits per heavy atom. The summed E-state index contributed by atoms with van der Waals surface area (Å²) in [5, 5.41) is 3.18. The van der Waals surface area contributed by atoms with E-state index in [1.54, 1.807) is 0 Å². The number of piperazine rings is 1. The number of hydrogen-bond acceptors (Lipinski definition) is 7. The van der Waals surface area contributed by atoms with Crippen molar-refractivity contribution in [2.24, 2.45) is 0 Å². The summed E-state index contributed by atoms with van der Waals surface area (Å²) >= 11 is 5.88. The summed E-state index contributed by atoms with van der Waals surface area (Å²) in [6.07, 6.45) is 0. The van der Waals surface area contributed by atoms with E-state index in [1.807, 2.05) is 4.90 Å². The van der Waals surface area contributed by atoms with E-state index in [-0.39, 0.29) is 16.7 Å². The Kier molecular flexibility index (Phi) is 5.58. The van der Waals surface area contributed by atoms with Gasteiger partial charge in [0.25, 0.3) is 0 Å². The molecule has 0 bridgehead atoms. The van der Waals surface area contributed by atoms with Gasteiger partial charge in [0.15, 0.2) is 11.0 Å². The summed E-state index contributed by atoms with van der Waals surface area (Å²) in [5.74, 6) is -0.632. The van der Waals surface area contributed by atoms with E-state index in [2.05, 4.69) is 20.2 Å². The second-order valence-corrected chi connectivity index (χ2v) is 6.35. The highest BCUT2D eigenvalue weighted by Crippen LogP contribution is 2.23. The Morgan fingerprint density at radius 2 is 1.85 bits per heavy atom. The highest BCUT2D eigenvalue weighted by Gasteiger charge is 2.19. The van der Waals surface area contributed by atoms with Crippen molar-refractivity contribution in [1.82, 2.24) is 14.9 Å². The van der Waals surface area contributed by atoms with Crippen molar-refractivity contribution in [3.8, 4) is 0 Å². The molecule has 26 heavy (non-hydrogen) atoms. The molecule has 1 aliphatic rings. The molecule has 5 N–H and O–H groups in total. The molecule has 3 rings (SSSR count). The Morgan fingerprint density at radius 1 is 1.12 bits per heavy atom. The van der Waals surface area contributed by atoms with Crippen LogP contribution in [0.3, 0.4) is 0 Å². The number of halogens is 3. The van der Waals surface area contributed by atoms with E-state index in [1.165, 1.54) is 12.1 Å². The number of nitrogens with two attached hydrogens (primary N) is 2. The maximum Gasteiger partial charge on any atom is 0.226 e. The monoisotopic (exact) mass is 383 g/mol. The molecular formula is C16H20ClF2N7. The van der Waals surface area contributed by atoms with Gasteiger partial charge in [-0.25, -0.2) is 8.78 Å². The van der Waals surface area contributed by atoms with Gasteiger partial charge >= 0.3 is 0 Å². The highest BCUT2D eigenvalue weighted by atomic mass is 35.5. The Balaban J connectivity index is 1.47. The minimum absolute atomic E-state index is 0.120.